The van der Waals surface area contributed by atoms with Crippen molar-refractivity contribution in [2.24, 2.45) is 0 Å². The van der Waals surface area contributed by atoms with E-state index in [1.54, 1.807) is 25.2 Å². The van der Waals surface area contributed by atoms with E-state index in [0.717, 1.165) is 11.1 Å². The highest BCUT2D eigenvalue weighted by molar-refractivity contribution is 5.97. The monoisotopic (exact) mass is 281 g/mol. The maximum absolute atomic E-state index is 12.1. The molecule has 0 bridgehead atoms. The fourth-order valence-corrected chi connectivity index (χ4v) is 2.53. The lowest BCUT2D eigenvalue weighted by atomic mass is 9.93. The number of fused-ring (bicyclic) bond motifs is 1. The number of rotatable bonds is 2. The summed E-state index contributed by atoms with van der Waals surface area (Å²) in [5.74, 6) is -0.499. The molecule has 0 radical (unpaired) electrons. The standard InChI is InChI=1S/C17H15NO3/c1-18-16(19)12-7-8-14-13(9-12)10-15(21-17(14)20)11-5-3-2-4-6-11/h2-9,15H,10H2,1H3,(H,18,19)/t15-/m0/s1. The topological polar surface area (TPSA) is 55.4 Å². The van der Waals surface area contributed by atoms with E-state index in [1.807, 2.05) is 30.3 Å². The van der Waals surface area contributed by atoms with E-state index in [1.165, 1.54) is 0 Å². The average molecular weight is 281 g/mol. The molecule has 0 spiro atoms. The van der Waals surface area contributed by atoms with Gasteiger partial charge in [0.25, 0.3) is 5.91 Å². The predicted molar refractivity (Wildman–Crippen MR) is 78.1 cm³/mol. The number of cyclic esters (lactones) is 1. The van der Waals surface area contributed by atoms with Gasteiger partial charge in [-0.05, 0) is 29.3 Å². The third-order valence-electron chi connectivity index (χ3n) is 3.64. The summed E-state index contributed by atoms with van der Waals surface area (Å²) in [6.07, 6.45) is 0.279. The van der Waals surface area contributed by atoms with Gasteiger partial charge in [0.1, 0.15) is 6.10 Å². The molecular formula is C17H15NO3. The summed E-state index contributed by atoms with van der Waals surface area (Å²) in [4.78, 5) is 23.8. The summed E-state index contributed by atoms with van der Waals surface area (Å²) in [6.45, 7) is 0. The van der Waals surface area contributed by atoms with E-state index < -0.39 is 0 Å². The van der Waals surface area contributed by atoms with Crippen molar-refractivity contribution in [3.8, 4) is 0 Å². The van der Waals surface area contributed by atoms with Crippen molar-refractivity contribution in [3.05, 3.63) is 70.8 Å². The van der Waals surface area contributed by atoms with E-state index in [2.05, 4.69) is 5.32 Å². The van der Waals surface area contributed by atoms with E-state index in [0.29, 0.717) is 17.5 Å². The predicted octanol–water partition coefficient (Wildman–Crippen LogP) is 2.50. The molecule has 0 aromatic heterocycles. The Morgan fingerprint density at radius 1 is 1.19 bits per heavy atom. The molecule has 4 heteroatoms. The molecule has 106 valence electrons. The molecule has 0 saturated heterocycles. The Hall–Kier alpha value is -2.62. The first-order valence-corrected chi connectivity index (χ1v) is 6.80. The molecule has 3 rings (SSSR count). The first kappa shape index (κ1) is 13.4. The first-order valence-electron chi connectivity index (χ1n) is 6.80. The summed E-state index contributed by atoms with van der Waals surface area (Å²) in [5, 5.41) is 2.59. The fourth-order valence-electron chi connectivity index (χ4n) is 2.53. The molecule has 0 aliphatic carbocycles. The Kier molecular flexibility index (Phi) is 3.44. The molecule has 4 nitrogen and oxygen atoms in total. The van der Waals surface area contributed by atoms with Crippen molar-refractivity contribution in [1.29, 1.82) is 0 Å². The van der Waals surface area contributed by atoms with E-state index in [9.17, 15) is 9.59 Å². The highest BCUT2D eigenvalue weighted by Crippen LogP contribution is 2.30. The van der Waals surface area contributed by atoms with Crippen molar-refractivity contribution >= 4 is 11.9 Å². The fraction of sp³-hybridized carbons (Fsp3) is 0.176. The van der Waals surface area contributed by atoms with Crippen LogP contribution in [-0.2, 0) is 11.2 Å². The van der Waals surface area contributed by atoms with Crippen LogP contribution in [0.2, 0.25) is 0 Å². The summed E-state index contributed by atoms with van der Waals surface area (Å²) >= 11 is 0. The molecule has 1 aliphatic heterocycles. The quantitative estimate of drug-likeness (QED) is 0.860. The SMILES string of the molecule is CNC(=O)c1ccc2c(c1)C[C@@H](c1ccccc1)OC2=O. The normalized spacial score (nSPS) is 16.8. The van der Waals surface area contributed by atoms with Crippen molar-refractivity contribution in [3.63, 3.8) is 0 Å². The van der Waals surface area contributed by atoms with Gasteiger partial charge in [-0.3, -0.25) is 4.79 Å². The number of amides is 1. The molecule has 0 unspecified atom stereocenters. The number of hydrogen-bond donors (Lipinski definition) is 1. The molecule has 1 N–H and O–H groups in total. The summed E-state index contributed by atoms with van der Waals surface area (Å²) in [7, 11) is 1.59. The zero-order chi connectivity index (χ0) is 14.8. The van der Waals surface area contributed by atoms with Crippen LogP contribution in [0.3, 0.4) is 0 Å². The lowest BCUT2D eigenvalue weighted by Gasteiger charge is -2.25. The van der Waals surface area contributed by atoms with Crippen LogP contribution in [0.5, 0.6) is 0 Å². The van der Waals surface area contributed by atoms with Crippen LogP contribution in [-0.4, -0.2) is 18.9 Å². The Labute approximate surface area is 122 Å². The highest BCUT2D eigenvalue weighted by Gasteiger charge is 2.27. The van der Waals surface area contributed by atoms with Crippen LogP contribution < -0.4 is 5.32 Å². The maximum atomic E-state index is 12.1. The number of esters is 1. The Balaban J connectivity index is 1.96. The van der Waals surface area contributed by atoms with Gasteiger partial charge in [-0.15, -0.1) is 0 Å². The molecule has 1 aliphatic rings. The second kappa shape index (κ2) is 5.40. The summed E-state index contributed by atoms with van der Waals surface area (Å²) in [6, 6.07) is 14.7. The molecule has 2 aromatic rings. The smallest absolute Gasteiger partial charge is 0.339 e. The lowest BCUT2D eigenvalue weighted by molar-refractivity contribution is 0.0252. The van der Waals surface area contributed by atoms with Crippen molar-refractivity contribution in [2.45, 2.75) is 12.5 Å². The number of benzene rings is 2. The number of carbonyl (C=O) groups excluding carboxylic acids is 2. The van der Waals surface area contributed by atoms with Crippen LogP contribution in [0, 0.1) is 0 Å². The minimum Gasteiger partial charge on any atom is -0.454 e. The number of ether oxygens (including phenoxy) is 1. The molecule has 21 heavy (non-hydrogen) atoms. The summed E-state index contributed by atoms with van der Waals surface area (Å²) in [5.41, 5.74) is 2.90. The van der Waals surface area contributed by atoms with Crippen LogP contribution in [0.4, 0.5) is 0 Å². The number of hydrogen-bond acceptors (Lipinski definition) is 3. The molecule has 0 fully saturated rings. The zero-order valence-electron chi connectivity index (χ0n) is 11.6. The molecule has 0 saturated carbocycles. The molecular weight excluding hydrogens is 266 g/mol. The third kappa shape index (κ3) is 2.52. The van der Waals surface area contributed by atoms with Crippen molar-refractivity contribution in [1.82, 2.24) is 5.32 Å². The van der Waals surface area contributed by atoms with E-state index >= 15 is 0 Å². The second-order valence-electron chi connectivity index (χ2n) is 4.96. The Morgan fingerprint density at radius 2 is 1.95 bits per heavy atom. The van der Waals surface area contributed by atoms with Gasteiger partial charge < -0.3 is 10.1 Å². The van der Waals surface area contributed by atoms with Gasteiger partial charge >= 0.3 is 5.97 Å². The van der Waals surface area contributed by atoms with Crippen LogP contribution in [0.25, 0.3) is 0 Å². The summed E-state index contributed by atoms with van der Waals surface area (Å²) < 4.78 is 5.49. The highest BCUT2D eigenvalue weighted by atomic mass is 16.5. The second-order valence-corrected chi connectivity index (χ2v) is 4.96. The Bertz CT molecular complexity index is 694. The third-order valence-corrected chi connectivity index (χ3v) is 3.64. The molecule has 1 atom stereocenters. The van der Waals surface area contributed by atoms with Crippen LogP contribution in [0.1, 0.15) is 37.9 Å². The van der Waals surface area contributed by atoms with Gasteiger partial charge in [-0.25, -0.2) is 4.79 Å². The first-order chi connectivity index (χ1) is 10.2. The lowest BCUT2D eigenvalue weighted by Crippen LogP contribution is -2.23. The molecule has 1 heterocycles. The van der Waals surface area contributed by atoms with Gasteiger partial charge in [0.2, 0.25) is 0 Å². The zero-order valence-corrected chi connectivity index (χ0v) is 11.6. The van der Waals surface area contributed by atoms with Gasteiger partial charge in [0.05, 0.1) is 5.56 Å². The van der Waals surface area contributed by atoms with Gasteiger partial charge in [-0.2, -0.15) is 0 Å². The van der Waals surface area contributed by atoms with Crippen LogP contribution >= 0.6 is 0 Å². The molecule has 1 amide bonds. The van der Waals surface area contributed by atoms with Crippen molar-refractivity contribution < 1.29 is 14.3 Å². The average Bonchev–Trinajstić information content (AvgIpc) is 2.54. The van der Waals surface area contributed by atoms with Gasteiger partial charge in [0.15, 0.2) is 0 Å². The maximum Gasteiger partial charge on any atom is 0.339 e. The Morgan fingerprint density at radius 3 is 2.67 bits per heavy atom. The van der Waals surface area contributed by atoms with Crippen LogP contribution in [0.15, 0.2) is 48.5 Å². The van der Waals surface area contributed by atoms with E-state index in [4.69, 9.17) is 4.74 Å². The minimum absolute atomic E-state index is 0.159. The van der Waals surface area contributed by atoms with Gasteiger partial charge in [0, 0.05) is 19.0 Å². The van der Waals surface area contributed by atoms with Crippen molar-refractivity contribution in [2.75, 3.05) is 7.05 Å². The largest absolute Gasteiger partial charge is 0.454 e. The number of carbonyl (C=O) groups is 2. The van der Waals surface area contributed by atoms with Gasteiger partial charge in [-0.1, -0.05) is 30.3 Å². The van der Waals surface area contributed by atoms with E-state index in [-0.39, 0.29) is 18.0 Å². The number of nitrogens with one attached hydrogen (secondary N) is 1. The molecule has 2 aromatic carbocycles. The minimum atomic E-state index is -0.339.